The monoisotopic (exact) mass is 786 g/mol. The van der Waals surface area contributed by atoms with Crippen molar-refractivity contribution in [2.24, 2.45) is 0 Å². The highest BCUT2D eigenvalue weighted by atomic mass is 32.2. The normalized spacial score (nSPS) is 29.4. The number of piperazine rings is 1. The Morgan fingerprint density at radius 2 is 1.93 bits per heavy atom. The Kier molecular flexibility index (Phi) is 8.24. The number of benzene rings is 3. The van der Waals surface area contributed by atoms with Crippen LogP contribution in [0.2, 0.25) is 0 Å². The Hall–Kier alpha value is -4.38. The topological polar surface area (TPSA) is 155 Å². The van der Waals surface area contributed by atoms with Gasteiger partial charge >= 0.3 is 5.97 Å². The van der Waals surface area contributed by atoms with Crippen molar-refractivity contribution in [1.29, 1.82) is 0 Å². The number of carbonyl (C=O) groups is 2. The number of fused-ring (bicyclic) bond motifs is 12. The third-order valence-electron chi connectivity index (χ3n) is 12.9. The maximum atomic E-state index is 14.8. The highest BCUT2D eigenvalue weighted by Crippen LogP contribution is 2.64. The summed E-state index contributed by atoms with van der Waals surface area (Å²) in [5.41, 5.74) is 5.34. The van der Waals surface area contributed by atoms with E-state index in [-0.39, 0.29) is 49.2 Å². The van der Waals surface area contributed by atoms with E-state index in [0.29, 0.717) is 70.3 Å². The van der Waals surface area contributed by atoms with E-state index in [4.69, 9.17) is 23.7 Å². The minimum Gasteiger partial charge on any atom is -0.504 e. The Labute approximate surface area is 326 Å². The van der Waals surface area contributed by atoms with Crippen molar-refractivity contribution in [2.75, 3.05) is 46.5 Å². The zero-order chi connectivity index (χ0) is 38.9. The van der Waals surface area contributed by atoms with Crippen LogP contribution in [-0.4, -0.2) is 102 Å². The summed E-state index contributed by atoms with van der Waals surface area (Å²) >= 11 is 1.51. The van der Waals surface area contributed by atoms with Crippen LogP contribution in [0.1, 0.15) is 68.9 Å². The molecular formula is C41H43FN4O9S. The lowest BCUT2D eigenvalue weighted by atomic mass is 9.73. The van der Waals surface area contributed by atoms with Crippen molar-refractivity contribution >= 4 is 34.4 Å². The Morgan fingerprint density at radius 3 is 2.71 bits per heavy atom. The molecule has 4 aromatic rings. The van der Waals surface area contributed by atoms with Crippen LogP contribution in [0.5, 0.6) is 28.7 Å². The number of phenolic OH excluding ortho intramolecular Hbond substituents is 1. The summed E-state index contributed by atoms with van der Waals surface area (Å²) in [4.78, 5) is 35.4. The Balaban J connectivity index is 1.24. The molecule has 56 heavy (non-hydrogen) atoms. The summed E-state index contributed by atoms with van der Waals surface area (Å²) in [5, 5.41) is 28.4. The number of esters is 1. The second-order valence-electron chi connectivity index (χ2n) is 15.8. The number of aromatic amines is 1. The number of halogens is 1. The quantitative estimate of drug-likeness (QED) is 0.168. The lowest BCUT2D eigenvalue weighted by molar-refractivity contribution is -0.181. The van der Waals surface area contributed by atoms with Crippen molar-refractivity contribution in [1.82, 2.24) is 20.1 Å². The number of rotatable bonds is 2. The Bertz CT molecular complexity index is 2370. The lowest BCUT2D eigenvalue weighted by Gasteiger charge is -2.61. The minimum atomic E-state index is -1.27. The first kappa shape index (κ1) is 36.0. The smallest absolute Gasteiger partial charge is 0.308 e. The molecule has 0 aliphatic carbocycles. The van der Waals surface area contributed by atoms with Gasteiger partial charge < -0.3 is 38.9 Å². The maximum absolute atomic E-state index is 14.8. The predicted octanol–water partition coefficient (Wildman–Crippen LogP) is 4.36. The molecule has 2 fully saturated rings. The van der Waals surface area contributed by atoms with E-state index in [1.165, 1.54) is 37.9 Å². The zero-order valence-electron chi connectivity index (χ0n) is 31.7. The molecule has 1 aromatic heterocycles. The third kappa shape index (κ3) is 4.84. The van der Waals surface area contributed by atoms with Crippen LogP contribution in [-0.2, 0) is 32.7 Å². The van der Waals surface area contributed by atoms with Crippen LogP contribution < -0.4 is 24.3 Å². The fraction of sp³-hybridized carbons (Fsp3) is 0.463. The van der Waals surface area contributed by atoms with Crippen LogP contribution in [0, 0.1) is 19.7 Å². The van der Waals surface area contributed by atoms with Crippen molar-refractivity contribution in [3.05, 3.63) is 74.7 Å². The number of aromatic nitrogens is 1. The molecule has 0 amide bonds. The molecule has 8 heterocycles. The van der Waals surface area contributed by atoms with Gasteiger partial charge in [0.2, 0.25) is 6.79 Å². The van der Waals surface area contributed by atoms with E-state index in [1.807, 2.05) is 27.0 Å². The van der Waals surface area contributed by atoms with E-state index in [9.17, 15) is 24.2 Å². The van der Waals surface area contributed by atoms with E-state index in [2.05, 4.69) is 20.1 Å². The minimum absolute atomic E-state index is 0.0257. The number of ether oxygens (including phenoxy) is 5. The zero-order valence-corrected chi connectivity index (χ0v) is 32.5. The molecule has 4 N–H and O–H groups in total. The number of aliphatic hydroxyl groups excluding tert-OH is 1. The van der Waals surface area contributed by atoms with Gasteiger partial charge in [-0.3, -0.25) is 24.7 Å². The number of aliphatic hydroxyl groups is 1. The molecule has 294 valence electrons. The Morgan fingerprint density at radius 1 is 1.12 bits per heavy atom. The first-order chi connectivity index (χ1) is 26.9. The summed E-state index contributed by atoms with van der Waals surface area (Å²) < 4.78 is 45.3. The number of nitrogens with zero attached hydrogens (tertiary/aromatic N) is 2. The van der Waals surface area contributed by atoms with Crippen molar-refractivity contribution in [3.8, 4) is 28.7 Å². The van der Waals surface area contributed by atoms with Crippen LogP contribution in [0.25, 0.3) is 10.9 Å². The van der Waals surface area contributed by atoms with Gasteiger partial charge in [-0.15, -0.1) is 11.8 Å². The molecule has 13 nitrogen and oxygen atoms in total. The number of thioether (sulfide) groups is 1. The van der Waals surface area contributed by atoms with Gasteiger partial charge in [0.15, 0.2) is 28.8 Å². The first-order valence-electron chi connectivity index (χ1n) is 18.9. The number of Topliss-reactive ketones (excluding diaryl/α,β-unsaturated/α-hetero) is 1. The van der Waals surface area contributed by atoms with Gasteiger partial charge in [-0.25, -0.2) is 4.39 Å². The number of ketones is 1. The highest BCUT2D eigenvalue weighted by Gasteiger charge is 2.61. The van der Waals surface area contributed by atoms with Gasteiger partial charge in [0.25, 0.3) is 0 Å². The molecule has 0 saturated carbocycles. The van der Waals surface area contributed by atoms with Gasteiger partial charge in [0.1, 0.15) is 29.9 Å². The van der Waals surface area contributed by atoms with E-state index in [0.717, 1.165) is 27.6 Å². The van der Waals surface area contributed by atoms with E-state index < -0.39 is 41.1 Å². The van der Waals surface area contributed by atoms with Crippen LogP contribution in [0.3, 0.4) is 0 Å². The molecule has 0 radical (unpaired) electrons. The number of hydrogen-bond donors (Lipinski definition) is 4. The van der Waals surface area contributed by atoms with Crippen molar-refractivity contribution in [3.63, 3.8) is 0 Å². The SMILES string of the molecule is COc1c(C)cc2c(c1O)[C@H]1C3[C@@H]4SC[C@]5(NCCc6c5[nH]c5ccc(F)cc65)C(=O)COC[C@@H](c5c6c(c(C)c(OC(C)=O)c54)OCO6)N3[C@@H](O)[C@@H](C2)N1C. The maximum Gasteiger partial charge on any atom is 0.308 e. The predicted molar refractivity (Wildman–Crippen MR) is 203 cm³/mol. The summed E-state index contributed by atoms with van der Waals surface area (Å²) in [6, 6.07) is 4.51. The number of likely N-dealkylation sites (N-methyl/N-ethyl adjacent to an activating group) is 1. The molecule has 2 saturated heterocycles. The molecule has 7 aliphatic heterocycles. The van der Waals surface area contributed by atoms with Crippen molar-refractivity contribution in [2.45, 2.75) is 74.8 Å². The fourth-order valence-corrected chi connectivity index (χ4v) is 12.3. The number of nitrogens with one attached hydrogen (secondary N) is 2. The number of phenols is 1. The second kappa shape index (κ2) is 12.8. The number of H-pyrrole nitrogens is 1. The summed E-state index contributed by atoms with van der Waals surface area (Å²) in [5.74, 6) is 0.804. The average Bonchev–Trinajstić information content (AvgIpc) is 3.80. The molecule has 11 rings (SSSR count). The van der Waals surface area contributed by atoms with Crippen LogP contribution in [0.15, 0.2) is 24.3 Å². The molecular weight excluding hydrogens is 744 g/mol. The second-order valence-corrected chi connectivity index (χ2v) is 16.9. The van der Waals surface area contributed by atoms with Crippen LogP contribution in [0.4, 0.5) is 4.39 Å². The largest absolute Gasteiger partial charge is 0.504 e. The van der Waals surface area contributed by atoms with E-state index >= 15 is 0 Å². The number of aromatic hydroxyl groups is 1. The molecule has 7 aliphatic rings. The third-order valence-corrected chi connectivity index (χ3v) is 14.4. The van der Waals surface area contributed by atoms with Gasteiger partial charge in [-0.05, 0) is 68.6 Å². The lowest BCUT2D eigenvalue weighted by Crippen LogP contribution is -2.69. The molecule has 15 heteroatoms. The molecule has 7 atom stereocenters. The number of carbonyl (C=O) groups excluding carboxylic acids is 2. The molecule has 1 spiro atoms. The molecule has 3 aromatic carbocycles. The highest BCUT2D eigenvalue weighted by molar-refractivity contribution is 7.99. The van der Waals surface area contributed by atoms with Gasteiger partial charge in [0, 0.05) is 64.1 Å². The number of hydrogen-bond acceptors (Lipinski definition) is 13. The first-order valence-corrected chi connectivity index (χ1v) is 20.0. The molecule has 4 bridgehead atoms. The summed E-state index contributed by atoms with van der Waals surface area (Å²) in [6.45, 7) is 5.22. The van der Waals surface area contributed by atoms with Crippen LogP contribution >= 0.6 is 11.8 Å². The average molecular weight is 787 g/mol. The fourth-order valence-electron chi connectivity index (χ4n) is 10.6. The van der Waals surface area contributed by atoms with Crippen molar-refractivity contribution < 1.29 is 47.9 Å². The number of methoxy groups -OCH3 is 1. The standard InChI is InChI=1S/C41H43FN4O9S/c1-17-10-20-11-25-40(50)46-26-13-52-14-27(48)41(39-22(8-9-43-41)23-12-21(42)6-7-24(23)44-39)15-56-38(32(46)31(45(25)4)28(20)33(49)34(17)51-5)30-29(26)37-36(53-16-54-37)18(2)35(30)55-19(3)47/h6-7,10,12,25-26,31-32,38,40,43-44,49-50H,8-9,11,13-16H2,1-5H3/t25-,26+,31+,32?,38-,40+,41+/m1/s1. The van der Waals surface area contributed by atoms with Gasteiger partial charge in [-0.1, -0.05) is 6.07 Å². The number of aryl methyl sites for hydroxylation is 1. The summed E-state index contributed by atoms with van der Waals surface area (Å²) in [7, 11) is 3.50. The van der Waals surface area contributed by atoms with Gasteiger partial charge in [0.05, 0.1) is 37.1 Å². The van der Waals surface area contributed by atoms with E-state index in [1.54, 1.807) is 6.07 Å². The summed E-state index contributed by atoms with van der Waals surface area (Å²) in [6.07, 6.45) is 0.0259. The molecule has 1 unspecified atom stereocenters. The van der Waals surface area contributed by atoms with Gasteiger partial charge in [-0.2, -0.15) is 0 Å².